The highest BCUT2D eigenvalue weighted by Gasteiger charge is 2.22. The van der Waals surface area contributed by atoms with Crippen LogP contribution in [-0.4, -0.2) is 62.5 Å². The number of anilines is 2. The number of alkyl halides is 1. The van der Waals surface area contributed by atoms with Crippen molar-refractivity contribution in [3.05, 3.63) is 24.3 Å². The Labute approximate surface area is 139 Å². The van der Waals surface area contributed by atoms with E-state index in [0.29, 0.717) is 18.8 Å². The molecule has 1 aliphatic rings. The molecule has 0 aromatic heterocycles. The second-order valence-corrected chi connectivity index (χ2v) is 5.31. The van der Waals surface area contributed by atoms with E-state index in [-0.39, 0.29) is 24.9 Å². The van der Waals surface area contributed by atoms with Crippen molar-refractivity contribution in [2.24, 2.45) is 0 Å². The van der Waals surface area contributed by atoms with E-state index in [4.69, 9.17) is 21.1 Å². The number of rotatable bonds is 5. The van der Waals surface area contributed by atoms with Gasteiger partial charge in [0.2, 0.25) is 0 Å². The molecule has 0 aliphatic carbocycles. The highest BCUT2D eigenvalue weighted by atomic mass is 35.5. The molecule has 1 aromatic carbocycles. The molecule has 0 spiro atoms. The van der Waals surface area contributed by atoms with E-state index in [9.17, 15) is 14.7 Å². The van der Waals surface area contributed by atoms with Crippen LogP contribution in [0.1, 0.15) is 0 Å². The van der Waals surface area contributed by atoms with E-state index in [2.05, 4.69) is 0 Å². The van der Waals surface area contributed by atoms with Gasteiger partial charge < -0.3 is 19.5 Å². The van der Waals surface area contributed by atoms with Crippen LogP contribution in [0.3, 0.4) is 0 Å². The van der Waals surface area contributed by atoms with Crippen molar-refractivity contribution < 1.29 is 24.2 Å². The summed E-state index contributed by atoms with van der Waals surface area (Å²) >= 11 is 5.59. The first-order chi connectivity index (χ1) is 11.1. The van der Waals surface area contributed by atoms with Crippen LogP contribution < -0.4 is 9.80 Å². The van der Waals surface area contributed by atoms with Crippen molar-refractivity contribution in [3.8, 4) is 0 Å². The average Bonchev–Trinajstić information content (AvgIpc) is 2.59. The Balaban J connectivity index is 2.17. The van der Waals surface area contributed by atoms with Crippen molar-refractivity contribution in [1.82, 2.24) is 0 Å². The van der Waals surface area contributed by atoms with Crippen LogP contribution in [0.25, 0.3) is 0 Å². The van der Waals surface area contributed by atoms with Gasteiger partial charge in [-0.1, -0.05) is 0 Å². The van der Waals surface area contributed by atoms with Gasteiger partial charge in [-0.05, 0) is 24.3 Å². The van der Waals surface area contributed by atoms with Crippen LogP contribution in [0.15, 0.2) is 24.3 Å². The van der Waals surface area contributed by atoms with Crippen LogP contribution in [-0.2, 0) is 14.3 Å². The van der Waals surface area contributed by atoms with E-state index in [1.165, 1.54) is 12.0 Å². The lowest BCUT2D eigenvalue weighted by Gasteiger charge is -2.28. The van der Waals surface area contributed by atoms with Crippen LogP contribution in [0.2, 0.25) is 0 Å². The molecule has 1 saturated heterocycles. The minimum atomic E-state index is -0.865. The van der Waals surface area contributed by atoms with E-state index in [0.717, 1.165) is 5.69 Å². The second kappa shape index (κ2) is 8.14. The number of halogens is 1. The van der Waals surface area contributed by atoms with Crippen molar-refractivity contribution in [2.45, 2.75) is 6.10 Å². The molecule has 0 saturated carbocycles. The van der Waals surface area contributed by atoms with Crippen molar-refractivity contribution in [2.75, 3.05) is 49.1 Å². The third-order valence-electron chi connectivity index (χ3n) is 3.43. The highest BCUT2D eigenvalue weighted by molar-refractivity contribution is 6.18. The monoisotopic (exact) mass is 342 g/mol. The van der Waals surface area contributed by atoms with Gasteiger partial charge in [0.1, 0.15) is 6.61 Å². The Morgan fingerprint density at radius 2 is 2.17 bits per heavy atom. The van der Waals surface area contributed by atoms with Gasteiger partial charge in [-0.3, -0.25) is 9.69 Å². The Bertz CT molecular complexity index is 551. The first kappa shape index (κ1) is 17.5. The number of methoxy groups -OCH3 is 1. The SMILES string of the molecule is COC(=O)N(C[C@H](O)CCl)c1ccc(N2CCOCC2=O)cc1. The smallest absolute Gasteiger partial charge is 0.414 e. The van der Waals surface area contributed by atoms with Crippen LogP contribution in [0.5, 0.6) is 0 Å². The molecule has 1 aromatic rings. The molecule has 1 fully saturated rings. The van der Waals surface area contributed by atoms with Gasteiger partial charge in [-0.25, -0.2) is 4.79 Å². The summed E-state index contributed by atoms with van der Waals surface area (Å²) in [6, 6.07) is 6.86. The van der Waals surface area contributed by atoms with Crippen LogP contribution in [0, 0.1) is 0 Å². The molecular weight excluding hydrogens is 324 g/mol. The van der Waals surface area contributed by atoms with Crippen molar-refractivity contribution >= 4 is 35.0 Å². The Hall–Kier alpha value is -1.83. The lowest BCUT2D eigenvalue weighted by Crippen LogP contribution is -2.41. The number of amides is 2. The summed E-state index contributed by atoms with van der Waals surface area (Å²) in [6.07, 6.45) is -1.46. The number of aliphatic hydroxyl groups excluding tert-OH is 1. The number of hydrogen-bond donors (Lipinski definition) is 1. The molecule has 8 heteroatoms. The Morgan fingerprint density at radius 3 is 2.74 bits per heavy atom. The second-order valence-electron chi connectivity index (χ2n) is 5.00. The largest absolute Gasteiger partial charge is 0.452 e. The lowest BCUT2D eigenvalue weighted by molar-refractivity contribution is -0.125. The fourth-order valence-corrected chi connectivity index (χ4v) is 2.36. The molecule has 7 nitrogen and oxygen atoms in total. The molecule has 0 unspecified atom stereocenters. The normalized spacial score (nSPS) is 16.1. The van der Waals surface area contributed by atoms with Crippen molar-refractivity contribution in [3.63, 3.8) is 0 Å². The molecule has 1 aliphatic heterocycles. The zero-order valence-electron chi connectivity index (χ0n) is 12.8. The highest BCUT2D eigenvalue weighted by Crippen LogP contribution is 2.23. The van der Waals surface area contributed by atoms with Crippen molar-refractivity contribution in [1.29, 1.82) is 0 Å². The van der Waals surface area contributed by atoms with Gasteiger partial charge in [-0.2, -0.15) is 0 Å². The number of carbonyl (C=O) groups is 2. The number of hydrogen-bond acceptors (Lipinski definition) is 5. The molecule has 126 valence electrons. The zero-order valence-corrected chi connectivity index (χ0v) is 13.5. The first-order valence-electron chi connectivity index (χ1n) is 7.14. The summed E-state index contributed by atoms with van der Waals surface area (Å²) in [6.45, 7) is 1.07. The first-order valence-corrected chi connectivity index (χ1v) is 7.68. The van der Waals surface area contributed by atoms with Gasteiger partial charge in [0, 0.05) is 17.9 Å². The number of ether oxygens (including phenoxy) is 2. The summed E-state index contributed by atoms with van der Waals surface area (Å²) in [5.41, 5.74) is 1.27. The minimum Gasteiger partial charge on any atom is -0.452 e. The third kappa shape index (κ3) is 4.34. The maximum atomic E-state index is 11.9. The number of aliphatic hydroxyl groups is 1. The van der Waals surface area contributed by atoms with Gasteiger partial charge in [0.25, 0.3) is 5.91 Å². The average molecular weight is 343 g/mol. The fraction of sp³-hybridized carbons (Fsp3) is 0.467. The van der Waals surface area contributed by atoms with Crippen LogP contribution in [0.4, 0.5) is 16.2 Å². The van der Waals surface area contributed by atoms with E-state index in [1.54, 1.807) is 29.2 Å². The summed E-state index contributed by atoms with van der Waals surface area (Å²) in [5.74, 6) is -0.0974. The predicted octanol–water partition coefficient (Wildman–Crippen LogP) is 1.22. The topological polar surface area (TPSA) is 79.3 Å². The van der Waals surface area contributed by atoms with Gasteiger partial charge in [0.05, 0.1) is 32.2 Å². The summed E-state index contributed by atoms with van der Waals surface area (Å²) < 4.78 is 9.82. The molecular formula is C15H19ClN2O5. The standard InChI is InChI=1S/C15H19ClN2O5/c1-22-15(21)18(9-13(19)8-16)12-4-2-11(3-5-12)17-6-7-23-10-14(17)20/h2-5,13,19H,6-10H2,1H3/t13-/m1/s1. The predicted molar refractivity (Wildman–Crippen MR) is 86.1 cm³/mol. The maximum Gasteiger partial charge on any atom is 0.414 e. The molecule has 1 heterocycles. The fourth-order valence-electron chi connectivity index (χ4n) is 2.26. The molecule has 2 amide bonds. The van der Waals surface area contributed by atoms with Gasteiger partial charge in [0.15, 0.2) is 0 Å². The Kier molecular flexibility index (Phi) is 6.20. The van der Waals surface area contributed by atoms with Crippen LogP contribution >= 0.6 is 11.6 Å². The zero-order chi connectivity index (χ0) is 16.8. The van der Waals surface area contributed by atoms with Gasteiger partial charge in [-0.15, -0.1) is 11.6 Å². The molecule has 2 rings (SSSR count). The maximum absolute atomic E-state index is 11.9. The third-order valence-corrected chi connectivity index (χ3v) is 3.78. The Morgan fingerprint density at radius 1 is 1.48 bits per heavy atom. The quantitative estimate of drug-likeness (QED) is 0.814. The number of carbonyl (C=O) groups excluding carboxylic acids is 2. The minimum absolute atomic E-state index is 0.00780. The number of morpholine rings is 1. The van der Waals surface area contributed by atoms with Gasteiger partial charge >= 0.3 is 6.09 Å². The summed E-state index contributed by atoms with van der Waals surface area (Å²) in [5, 5.41) is 9.68. The number of benzene rings is 1. The lowest BCUT2D eigenvalue weighted by atomic mass is 10.2. The van der Waals surface area contributed by atoms with E-state index in [1.807, 2.05) is 0 Å². The number of nitrogens with zero attached hydrogens (tertiary/aromatic N) is 2. The molecule has 0 bridgehead atoms. The molecule has 1 N–H and O–H groups in total. The van der Waals surface area contributed by atoms with E-state index < -0.39 is 12.2 Å². The molecule has 1 atom stereocenters. The summed E-state index contributed by atoms with van der Waals surface area (Å²) in [7, 11) is 1.27. The summed E-state index contributed by atoms with van der Waals surface area (Å²) in [4.78, 5) is 26.6. The molecule has 23 heavy (non-hydrogen) atoms. The van der Waals surface area contributed by atoms with E-state index >= 15 is 0 Å². The molecule has 0 radical (unpaired) electrons.